The number of nitrogens with zero attached hydrogens (tertiary/aromatic N) is 1. The molecule has 0 amide bonds. The van der Waals surface area contributed by atoms with Crippen LogP contribution < -0.4 is 5.63 Å². The first-order valence-electron chi connectivity index (χ1n) is 8.31. The number of fused-ring (bicyclic) bond motifs is 1. The summed E-state index contributed by atoms with van der Waals surface area (Å²) in [6.07, 6.45) is 1.27. The monoisotopic (exact) mass is 361 g/mol. The van der Waals surface area contributed by atoms with Crippen LogP contribution in [0.25, 0.3) is 11.0 Å². The van der Waals surface area contributed by atoms with Gasteiger partial charge in [-0.1, -0.05) is 31.5 Å². The molecule has 1 heterocycles. The van der Waals surface area contributed by atoms with Gasteiger partial charge in [0, 0.05) is 11.8 Å². The van der Waals surface area contributed by atoms with E-state index in [0.29, 0.717) is 12.8 Å². The third kappa shape index (κ3) is 3.79. The van der Waals surface area contributed by atoms with Crippen molar-refractivity contribution >= 4 is 28.4 Å². The van der Waals surface area contributed by atoms with Crippen molar-refractivity contribution < 1.29 is 23.7 Å². The van der Waals surface area contributed by atoms with Crippen LogP contribution in [0.1, 0.15) is 44.6 Å². The maximum Gasteiger partial charge on any atom is 0.415 e. The number of hydrogen-bond donors (Lipinski definition) is 0. The molecule has 2 aromatic rings. The SMILES string of the molecule is CCCCC(=O)C(C(=O)OCC)c1c([N+](=O)[O-])c(=O)oc2ccccc12. The Labute approximate surface area is 148 Å². The second kappa shape index (κ2) is 8.37. The molecule has 0 spiro atoms. The van der Waals surface area contributed by atoms with E-state index >= 15 is 0 Å². The number of unbranched alkanes of at least 4 members (excludes halogenated alkanes) is 1. The van der Waals surface area contributed by atoms with Crippen molar-refractivity contribution in [3.05, 3.63) is 50.4 Å². The Hall–Kier alpha value is -3.03. The first kappa shape index (κ1) is 19.3. The highest BCUT2D eigenvalue weighted by Gasteiger charge is 2.39. The lowest BCUT2D eigenvalue weighted by Crippen LogP contribution is -2.27. The zero-order chi connectivity index (χ0) is 19.3. The van der Waals surface area contributed by atoms with Crippen molar-refractivity contribution in [1.82, 2.24) is 0 Å². The summed E-state index contributed by atoms with van der Waals surface area (Å²) in [5.41, 5.74) is -2.31. The van der Waals surface area contributed by atoms with Gasteiger partial charge in [-0.3, -0.25) is 19.7 Å². The van der Waals surface area contributed by atoms with Gasteiger partial charge >= 0.3 is 17.3 Å². The van der Waals surface area contributed by atoms with E-state index in [2.05, 4.69) is 0 Å². The Morgan fingerprint density at radius 3 is 2.58 bits per heavy atom. The van der Waals surface area contributed by atoms with Gasteiger partial charge in [0.2, 0.25) is 0 Å². The van der Waals surface area contributed by atoms with Crippen LogP contribution in [0.5, 0.6) is 0 Å². The summed E-state index contributed by atoms with van der Waals surface area (Å²) in [7, 11) is 0. The molecule has 2 rings (SSSR count). The van der Waals surface area contributed by atoms with Crippen molar-refractivity contribution in [2.45, 2.75) is 39.0 Å². The second-order valence-electron chi connectivity index (χ2n) is 5.66. The highest BCUT2D eigenvalue weighted by atomic mass is 16.6. The van der Waals surface area contributed by atoms with Crippen LogP contribution >= 0.6 is 0 Å². The van der Waals surface area contributed by atoms with Gasteiger partial charge < -0.3 is 9.15 Å². The van der Waals surface area contributed by atoms with Crippen LogP contribution in [-0.2, 0) is 14.3 Å². The largest absolute Gasteiger partial charge is 0.465 e. The maximum absolute atomic E-state index is 12.7. The fraction of sp³-hybridized carbons (Fsp3) is 0.389. The van der Waals surface area contributed by atoms with Crippen molar-refractivity contribution in [3.8, 4) is 0 Å². The Balaban J connectivity index is 2.80. The Kier molecular flexibility index (Phi) is 6.21. The van der Waals surface area contributed by atoms with E-state index in [9.17, 15) is 24.5 Å². The summed E-state index contributed by atoms with van der Waals surface area (Å²) in [6.45, 7) is 3.45. The number of carbonyl (C=O) groups excluding carboxylic acids is 2. The van der Waals surface area contributed by atoms with Crippen LogP contribution in [0.2, 0.25) is 0 Å². The molecule has 0 saturated heterocycles. The molecule has 0 fully saturated rings. The average Bonchev–Trinajstić information content (AvgIpc) is 2.59. The first-order chi connectivity index (χ1) is 12.4. The smallest absolute Gasteiger partial charge is 0.415 e. The second-order valence-corrected chi connectivity index (χ2v) is 5.66. The van der Waals surface area contributed by atoms with Gasteiger partial charge in [0.25, 0.3) is 0 Å². The number of para-hydroxylation sites is 1. The van der Waals surface area contributed by atoms with E-state index < -0.39 is 33.9 Å². The molecule has 1 aromatic carbocycles. The van der Waals surface area contributed by atoms with Crippen LogP contribution in [0.4, 0.5) is 5.69 Å². The van der Waals surface area contributed by atoms with Gasteiger partial charge in [-0.05, 0) is 19.4 Å². The van der Waals surface area contributed by atoms with Gasteiger partial charge in [-0.15, -0.1) is 0 Å². The number of carbonyl (C=O) groups is 2. The third-order valence-electron chi connectivity index (χ3n) is 3.92. The van der Waals surface area contributed by atoms with Crippen LogP contribution in [-0.4, -0.2) is 23.3 Å². The van der Waals surface area contributed by atoms with Gasteiger partial charge in [-0.25, -0.2) is 4.79 Å². The molecule has 8 nitrogen and oxygen atoms in total. The van der Waals surface area contributed by atoms with Crippen molar-refractivity contribution in [2.75, 3.05) is 6.61 Å². The molecule has 0 N–H and O–H groups in total. The number of rotatable bonds is 8. The van der Waals surface area contributed by atoms with E-state index in [1.165, 1.54) is 12.1 Å². The number of esters is 1. The minimum Gasteiger partial charge on any atom is -0.465 e. The highest BCUT2D eigenvalue weighted by molar-refractivity contribution is 6.08. The van der Waals surface area contributed by atoms with Crippen molar-refractivity contribution in [1.29, 1.82) is 0 Å². The molecule has 26 heavy (non-hydrogen) atoms. The zero-order valence-corrected chi connectivity index (χ0v) is 14.5. The molecule has 0 bridgehead atoms. The lowest BCUT2D eigenvalue weighted by molar-refractivity contribution is -0.387. The highest BCUT2D eigenvalue weighted by Crippen LogP contribution is 2.34. The minimum absolute atomic E-state index is 0.00353. The molecule has 0 aliphatic heterocycles. The summed E-state index contributed by atoms with van der Waals surface area (Å²) in [6, 6.07) is 6.08. The summed E-state index contributed by atoms with van der Waals surface area (Å²) < 4.78 is 9.95. The van der Waals surface area contributed by atoms with Crippen molar-refractivity contribution in [3.63, 3.8) is 0 Å². The third-order valence-corrected chi connectivity index (χ3v) is 3.92. The summed E-state index contributed by atoms with van der Waals surface area (Å²) >= 11 is 0. The molecule has 0 radical (unpaired) electrons. The van der Waals surface area contributed by atoms with E-state index in [1.807, 2.05) is 6.92 Å². The molecule has 0 aliphatic carbocycles. The molecular formula is C18H19NO7. The quantitative estimate of drug-likeness (QED) is 0.233. The minimum atomic E-state index is -1.55. The molecule has 0 aliphatic rings. The van der Waals surface area contributed by atoms with Gasteiger partial charge in [0.15, 0.2) is 5.78 Å². The van der Waals surface area contributed by atoms with Gasteiger partial charge in [0.05, 0.1) is 17.1 Å². The summed E-state index contributed by atoms with van der Waals surface area (Å²) in [5, 5.41) is 11.7. The Morgan fingerprint density at radius 1 is 1.27 bits per heavy atom. The van der Waals surface area contributed by atoms with Gasteiger partial charge in [-0.2, -0.15) is 0 Å². The normalized spacial score (nSPS) is 11.9. The molecule has 138 valence electrons. The molecule has 1 atom stereocenters. The number of Topliss-reactive ketones (excluding diaryl/α,β-unsaturated/α-hetero) is 1. The number of benzene rings is 1. The van der Waals surface area contributed by atoms with E-state index in [1.54, 1.807) is 19.1 Å². The average molecular weight is 361 g/mol. The summed E-state index contributed by atoms with van der Waals surface area (Å²) in [4.78, 5) is 47.9. The fourth-order valence-corrected chi connectivity index (χ4v) is 2.76. The van der Waals surface area contributed by atoms with Crippen LogP contribution in [0.15, 0.2) is 33.5 Å². The molecule has 1 aromatic heterocycles. The Morgan fingerprint density at radius 2 is 1.96 bits per heavy atom. The number of ketones is 1. The zero-order valence-electron chi connectivity index (χ0n) is 14.5. The van der Waals surface area contributed by atoms with Crippen LogP contribution in [0.3, 0.4) is 0 Å². The first-order valence-corrected chi connectivity index (χ1v) is 8.31. The van der Waals surface area contributed by atoms with E-state index in [0.717, 1.165) is 0 Å². The van der Waals surface area contributed by atoms with Gasteiger partial charge in [0.1, 0.15) is 11.5 Å². The predicted molar refractivity (Wildman–Crippen MR) is 93.0 cm³/mol. The number of ether oxygens (including phenoxy) is 1. The lowest BCUT2D eigenvalue weighted by atomic mass is 9.88. The predicted octanol–water partition coefficient (Wildman–Crippen LogP) is 3.11. The molecule has 1 unspecified atom stereocenters. The molecule has 8 heteroatoms. The molecule has 0 saturated carbocycles. The standard InChI is InChI=1S/C18H19NO7/c1-3-5-9-12(20)15(17(21)25-4-2)14-11-8-6-7-10-13(11)26-18(22)16(14)19(23)24/h6-8,10,15H,3-5,9H2,1-2H3. The maximum atomic E-state index is 12.7. The lowest BCUT2D eigenvalue weighted by Gasteiger charge is -2.16. The van der Waals surface area contributed by atoms with Crippen LogP contribution in [0, 0.1) is 10.1 Å². The number of nitro groups is 1. The Bertz CT molecular complexity index is 900. The van der Waals surface area contributed by atoms with Crippen molar-refractivity contribution in [2.24, 2.45) is 0 Å². The van der Waals surface area contributed by atoms with E-state index in [-0.39, 0.29) is 29.6 Å². The fourth-order valence-electron chi connectivity index (χ4n) is 2.76. The summed E-state index contributed by atoms with van der Waals surface area (Å²) in [5.74, 6) is -2.98. The topological polar surface area (TPSA) is 117 Å². The number of hydrogen-bond acceptors (Lipinski definition) is 7. The van der Waals surface area contributed by atoms with E-state index in [4.69, 9.17) is 9.15 Å². The molecular weight excluding hydrogens is 342 g/mol.